The standard InChI is InChI=1S/C16H21N3O5/c1-9-6-7-12(19(22)23)10(2)14(9)18-16(21)15(20)17-11(3)13-5-4-8-24-13/h6-7,11,13H,4-5,8H2,1-3H3,(H,17,20)(H,18,21)/t11-,13-/m0/s1. The summed E-state index contributed by atoms with van der Waals surface area (Å²) >= 11 is 0. The number of hydrogen-bond acceptors (Lipinski definition) is 5. The van der Waals surface area contributed by atoms with Gasteiger partial charge >= 0.3 is 11.8 Å². The smallest absolute Gasteiger partial charge is 0.313 e. The van der Waals surface area contributed by atoms with Crippen LogP contribution in [0.25, 0.3) is 0 Å². The molecule has 0 bridgehead atoms. The van der Waals surface area contributed by atoms with Crippen molar-refractivity contribution in [1.29, 1.82) is 0 Å². The zero-order valence-corrected chi connectivity index (χ0v) is 13.9. The number of nitro benzene ring substituents is 1. The summed E-state index contributed by atoms with van der Waals surface area (Å²) in [4.78, 5) is 34.6. The predicted molar refractivity (Wildman–Crippen MR) is 87.8 cm³/mol. The molecule has 2 amide bonds. The van der Waals surface area contributed by atoms with Gasteiger partial charge in [-0.05, 0) is 39.2 Å². The molecule has 0 saturated carbocycles. The summed E-state index contributed by atoms with van der Waals surface area (Å²) in [5, 5.41) is 16.1. The van der Waals surface area contributed by atoms with Gasteiger partial charge in [0.05, 0.1) is 28.3 Å². The van der Waals surface area contributed by atoms with Crippen LogP contribution in [0.3, 0.4) is 0 Å². The Balaban J connectivity index is 2.07. The highest BCUT2D eigenvalue weighted by atomic mass is 16.6. The first-order valence-corrected chi connectivity index (χ1v) is 7.79. The zero-order chi connectivity index (χ0) is 17.9. The fourth-order valence-electron chi connectivity index (χ4n) is 2.76. The van der Waals surface area contributed by atoms with Crippen molar-refractivity contribution in [3.63, 3.8) is 0 Å². The van der Waals surface area contributed by atoms with Crippen molar-refractivity contribution in [1.82, 2.24) is 5.32 Å². The topological polar surface area (TPSA) is 111 Å². The van der Waals surface area contributed by atoms with Gasteiger partial charge in [0.25, 0.3) is 5.69 Å². The van der Waals surface area contributed by atoms with Gasteiger partial charge in [-0.3, -0.25) is 19.7 Å². The van der Waals surface area contributed by atoms with Gasteiger partial charge in [-0.15, -0.1) is 0 Å². The lowest BCUT2D eigenvalue weighted by Crippen LogP contribution is -2.45. The van der Waals surface area contributed by atoms with Crippen molar-refractivity contribution in [3.8, 4) is 0 Å². The fraction of sp³-hybridized carbons (Fsp3) is 0.500. The molecule has 2 N–H and O–H groups in total. The highest BCUT2D eigenvalue weighted by Gasteiger charge is 2.26. The Kier molecular flexibility index (Phi) is 5.50. The monoisotopic (exact) mass is 335 g/mol. The molecular weight excluding hydrogens is 314 g/mol. The van der Waals surface area contributed by atoms with Gasteiger partial charge in [-0.1, -0.05) is 6.07 Å². The second-order valence-corrected chi connectivity index (χ2v) is 5.93. The largest absolute Gasteiger partial charge is 0.376 e. The van der Waals surface area contributed by atoms with E-state index in [0.29, 0.717) is 17.7 Å². The van der Waals surface area contributed by atoms with Crippen molar-refractivity contribution in [2.24, 2.45) is 0 Å². The Bertz CT molecular complexity index is 668. The predicted octanol–water partition coefficient (Wildman–Crippen LogP) is 1.83. The molecule has 1 heterocycles. The number of aryl methyl sites for hydroxylation is 1. The summed E-state index contributed by atoms with van der Waals surface area (Å²) in [6, 6.07) is 2.63. The van der Waals surface area contributed by atoms with Crippen LogP contribution in [0.2, 0.25) is 0 Å². The lowest BCUT2D eigenvalue weighted by atomic mass is 10.1. The van der Waals surface area contributed by atoms with Gasteiger partial charge in [-0.2, -0.15) is 0 Å². The van der Waals surface area contributed by atoms with Crippen LogP contribution in [0, 0.1) is 24.0 Å². The number of ether oxygens (including phenoxy) is 1. The maximum absolute atomic E-state index is 12.1. The van der Waals surface area contributed by atoms with Crippen molar-refractivity contribution in [2.45, 2.75) is 45.8 Å². The number of anilines is 1. The molecule has 0 unspecified atom stereocenters. The third-order valence-electron chi connectivity index (χ3n) is 4.17. The number of nitrogens with one attached hydrogen (secondary N) is 2. The van der Waals surface area contributed by atoms with Crippen molar-refractivity contribution in [3.05, 3.63) is 33.4 Å². The van der Waals surface area contributed by atoms with Crippen LogP contribution >= 0.6 is 0 Å². The molecule has 2 atom stereocenters. The SMILES string of the molecule is Cc1ccc([N+](=O)[O-])c(C)c1NC(=O)C(=O)N[C@@H](C)[C@@H]1CCCO1. The third kappa shape index (κ3) is 3.88. The molecule has 1 aromatic carbocycles. The number of benzene rings is 1. The molecule has 8 nitrogen and oxygen atoms in total. The van der Waals surface area contributed by atoms with E-state index in [2.05, 4.69) is 10.6 Å². The van der Waals surface area contributed by atoms with Crippen molar-refractivity contribution >= 4 is 23.2 Å². The molecule has 130 valence electrons. The first kappa shape index (κ1) is 17.9. The Labute approximate surface area is 139 Å². The first-order valence-electron chi connectivity index (χ1n) is 7.79. The Morgan fingerprint density at radius 2 is 2.04 bits per heavy atom. The normalized spacial score (nSPS) is 18.0. The molecule has 1 aliphatic heterocycles. The molecule has 0 radical (unpaired) electrons. The van der Waals surface area contributed by atoms with Crippen molar-refractivity contribution < 1.29 is 19.2 Å². The van der Waals surface area contributed by atoms with Crippen LogP contribution in [-0.4, -0.2) is 35.5 Å². The second-order valence-electron chi connectivity index (χ2n) is 5.93. The Morgan fingerprint density at radius 1 is 1.33 bits per heavy atom. The van der Waals surface area contributed by atoms with Gasteiger partial charge in [0.2, 0.25) is 0 Å². The molecule has 1 aromatic rings. The Morgan fingerprint density at radius 3 is 2.62 bits per heavy atom. The highest BCUT2D eigenvalue weighted by molar-refractivity contribution is 6.39. The van der Waals surface area contributed by atoms with Gasteiger partial charge in [0, 0.05) is 12.7 Å². The van der Waals surface area contributed by atoms with Gasteiger partial charge in [0.1, 0.15) is 0 Å². The number of nitrogens with zero attached hydrogens (tertiary/aromatic N) is 1. The van der Waals surface area contributed by atoms with Crippen LogP contribution in [0.4, 0.5) is 11.4 Å². The van der Waals surface area contributed by atoms with E-state index in [0.717, 1.165) is 12.8 Å². The molecule has 0 aromatic heterocycles. The van der Waals surface area contributed by atoms with E-state index in [-0.39, 0.29) is 23.5 Å². The minimum Gasteiger partial charge on any atom is -0.376 e. The lowest BCUT2D eigenvalue weighted by Gasteiger charge is -2.20. The molecular formula is C16H21N3O5. The molecule has 1 aliphatic rings. The van der Waals surface area contributed by atoms with E-state index >= 15 is 0 Å². The average molecular weight is 335 g/mol. The molecule has 0 spiro atoms. The van der Waals surface area contributed by atoms with E-state index < -0.39 is 16.7 Å². The van der Waals surface area contributed by atoms with E-state index in [1.807, 2.05) is 0 Å². The van der Waals surface area contributed by atoms with E-state index in [9.17, 15) is 19.7 Å². The summed E-state index contributed by atoms with van der Waals surface area (Å²) in [6.45, 7) is 5.68. The summed E-state index contributed by atoms with van der Waals surface area (Å²) in [7, 11) is 0. The van der Waals surface area contributed by atoms with Crippen LogP contribution in [0.5, 0.6) is 0 Å². The number of carbonyl (C=O) groups is 2. The molecule has 1 fully saturated rings. The number of carbonyl (C=O) groups excluding carboxylic acids is 2. The molecule has 8 heteroatoms. The van der Waals surface area contributed by atoms with Crippen LogP contribution in [0.1, 0.15) is 30.9 Å². The fourth-order valence-corrected chi connectivity index (χ4v) is 2.76. The molecule has 2 rings (SSSR count). The average Bonchev–Trinajstić information content (AvgIpc) is 3.05. The zero-order valence-electron chi connectivity index (χ0n) is 13.9. The van der Waals surface area contributed by atoms with Crippen LogP contribution < -0.4 is 10.6 Å². The van der Waals surface area contributed by atoms with Crippen LogP contribution in [0.15, 0.2) is 12.1 Å². The number of nitro groups is 1. The van der Waals surface area contributed by atoms with Gasteiger partial charge in [0.15, 0.2) is 0 Å². The van der Waals surface area contributed by atoms with E-state index in [1.54, 1.807) is 13.8 Å². The van der Waals surface area contributed by atoms with Gasteiger partial charge < -0.3 is 15.4 Å². The molecule has 24 heavy (non-hydrogen) atoms. The summed E-state index contributed by atoms with van der Waals surface area (Å²) in [5.41, 5.74) is 1.14. The third-order valence-corrected chi connectivity index (χ3v) is 4.17. The second kappa shape index (κ2) is 7.39. The quantitative estimate of drug-likeness (QED) is 0.495. The summed E-state index contributed by atoms with van der Waals surface area (Å²) < 4.78 is 5.47. The minimum atomic E-state index is -0.855. The molecule has 0 aliphatic carbocycles. The maximum atomic E-state index is 12.1. The number of amides is 2. The number of hydrogen-bond donors (Lipinski definition) is 2. The highest BCUT2D eigenvalue weighted by Crippen LogP contribution is 2.28. The van der Waals surface area contributed by atoms with E-state index in [4.69, 9.17) is 4.74 Å². The number of rotatable bonds is 4. The van der Waals surface area contributed by atoms with E-state index in [1.165, 1.54) is 19.1 Å². The summed E-state index contributed by atoms with van der Waals surface area (Å²) in [5.74, 6) is -1.64. The minimum absolute atomic E-state index is 0.0944. The van der Waals surface area contributed by atoms with Crippen molar-refractivity contribution in [2.75, 3.05) is 11.9 Å². The van der Waals surface area contributed by atoms with Gasteiger partial charge in [-0.25, -0.2) is 0 Å². The lowest BCUT2D eigenvalue weighted by molar-refractivity contribution is -0.385. The first-order chi connectivity index (χ1) is 11.3. The van der Waals surface area contributed by atoms with Crippen LogP contribution in [-0.2, 0) is 14.3 Å². The Hall–Kier alpha value is -2.48. The summed E-state index contributed by atoms with van der Waals surface area (Å²) in [6.07, 6.45) is 1.68. The maximum Gasteiger partial charge on any atom is 0.313 e. The molecule has 1 saturated heterocycles.